The Kier molecular flexibility index (Phi) is 5.02. The van der Waals surface area contributed by atoms with Crippen LogP contribution in [0.25, 0.3) is 5.95 Å². The average Bonchev–Trinajstić information content (AvgIpc) is 3.00. The lowest BCUT2D eigenvalue weighted by Crippen LogP contribution is -2.19. The van der Waals surface area contributed by atoms with Crippen LogP contribution in [0.15, 0.2) is 18.5 Å². The molecule has 112 valence electrons. The molecule has 0 aromatic carbocycles. The van der Waals surface area contributed by atoms with Gasteiger partial charge in [0, 0.05) is 18.9 Å². The van der Waals surface area contributed by atoms with Crippen LogP contribution >= 0.6 is 0 Å². The number of anilines is 2. The number of hydrogen-bond acceptors (Lipinski definition) is 8. The van der Waals surface area contributed by atoms with E-state index in [0.717, 1.165) is 0 Å². The number of hydrogen-bond donors (Lipinski definition) is 2. The van der Waals surface area contributed by atoms with Gasteiger partial charge in [-0.15, -0.1) is 0 Å². The molecule has 2 heterocycles. The van der Waals surface area contributed by atoms with Gasteiger partial charge < -0.3 is 15.4 Å². The van der Waals surface area contributed by atoms with E-state index in [1.165, 1.54) is 4.68 Å². The van der Waals surface area contributed by atoms with E-state index in [9.17, 15) is 4.79 Å². The van der Waals surface area contributed by atoms with Crippen molar-refractivity contribution in [3.63, 3.8) is 0 Å². The normalized spacial score (nSPS) is 10.2. The van der Waals surface area contributed by atoms with Gasteiger partial charge in [0.15, 0.2) is 0 Å². The van der Waals surface area contributed by atoms with Crippen molar-refractivity contribution in [3.8, 4) is 5.95 Å². The van der Waals surface area contributed by atoms with Gasteiger partial charge in [0.25, 0.3) is 5.95 Å². The number of ether oxygens (including phenoxy) is 1. The van der Waals surface area contributed by atoms with Gasteiger partial charge in [0.05, 0.1) is 6.61 Å². The van der Waals surface area contributed by atoms with Crippen LogP contribution in [0.3, 0.4) is 0 Å². The molecule has 0 amide bonds. The molecule has 2 rings (SSSR count). The highest BCUT2D eigenvalue weighted by molar-refractivity contribution is 5.74. The van der Waals surface area contributed by atoms with Crippen LogP contribution in [0, 0.1) is 0 Å². The summed E-state index contributed by atoms with van der Waals surface area (Å²) in [5, 5.41) is 9.89. The Morgan fingerprint density at radius 3 is 2.62 bits per heavy atom. The predicted molar refractivity (Wildman–Crippen MR) is 76.2 cm³/mol. The summed E-state index contributed by atoms with van der Waals surface area (Å²) in [4.78, 5) is 24.0. The average molecular weight is 291 g/mol. The Hall–Kier alpha value is -2.71. The summed E-state index contributed by atoms with van der Waals surface area (Å²) in [6.45, 7) is 4.67. The smallest absolute Gasteiger partial charge is 0.325 e. The van der Waals surface area contributed by atoms with Gasteiger partial charge in [-0.25, -0.2) is 4.68 Å². The summed E-state index contributed by atoms with van der Waals surface area (Å²) in [5.41, 5.74) is 0. The van der Waals surface area contributed by atoms with Crippen molar-refractivity contribution in [1.29, 1.82) is 0 Å². The summed E-state index contributed by atoms with van der Waals surface area (Å²) in [5.74, 6) is 0.671. The number of aromatic nitrogens is 5. The van der Waals surface area contributed by atoms with Crippen LogP contribution in [-0.2, 0) is 9.53 Å². The molecular formula is C12H17N7O2. The molecule has 0 fully saturated rings. The molecule has 9 heteroatoms. The van der Waals surface area contributed by atoms with Gasteiger partial charge >= 0.3 is 5.97 Å². The van der Waals surface area contributed by atoms with Crippen LogP contribution in [0.1, 0.15) is 13.8 Å². The van der Waals surface area contributed by atoms with Crippen LogP contribution < -0.4 is 10.6 Å². The molecule has 9 nitrogen and oxygen atoms in total. The standard InChI is InChI=1S/C12H17N7O2/c1-3-13-10-16-11(14-8-9(20)21-4-2)18-12(17-10)19-7-5-6-15-19/h5-7H,3-4,8H2,1-2H3,(H2,13,14,16,17,18). The summed E-state index contributed by atoms with van der Waals surface area (Å²) in [6, 6.07) is 1.77. The zero-order valence-corrected chi connectivity index (χ0v) is 11.9. The Balaban J connectivity index is 2.17. The molecule has 2 aromatic heterocycles. The maximum absolute atomic E-state index is 11.4. The first kappa shape index (κ1) is 14.7. The lowest BCUT2D eigenvalue weighted by atomic mass is 10.6. The summed E-state index contributed by atoms with van der Waals surface area (Å²) in [7, 11) is 0. The minimum atomic E-state index is -0.372. The molecule has 21 heavy (non-hydrogen) atoms. The van der Waals surface area contributed by atoms with E-state index in [1.54, 1.807) is 25.4 Å². The van der Waals surface area contributed by atoms with Gasteiger partial charge in [-0.3, -0.25) is 4.79 Å². The SMILES string of the molecule is CCNc1nc(NCC(=O)OCC)nc(-n2cccn2)n1. The number of carbonyl (C=O) groups excluding carboxylic acids is 1. The molecule has 2 N–H and O–H groups in total. The van der Waals surface area contributed by atoms with Crippen molar-refractivity contribution < 1.29 is 9.53 Å². The van der Waals surface area contributed by atoms with E-state index in [2.05, 4.69) is 30.7 Å². The van der Waals surface area contributed by atoms with Gasteiger partial charge in [-0.2, -0.15) is 20.1 Å². The van der Waals surface area contributed by atoms with Crippen molar-refractivity contribution in [2.75, 3.05) is 30.3 Å². The summed E-state index contributed by atoms with van der Waals surface area (Å²) >= 11 is 0. The number of esters is 1. The molecule has 0 spiro atoms. The van der Waals surface area contributed by atoms with Crippen molar-refractivity contribution in [3.05, 3.63) is 18.5 Å². The second kappa shape index (κ2) is 7.17. The van der Waals surface area contributed by atoms with Gasteiger partial charge in [-0.05, 0) is 19.9 Å². The third kappa shape index (κ3) is 4.13. The third-order valence-corrected chi connectivity index (χ3v) is 2.36. The molecule has 0 aliphatic carbocycles. The van der Waals surface area contributed by atoms with Crippen molar-refractivity contribution in [2.45, 2.75) is 13.8 Å². The minimum absolute atomic E-state index is 0.0119. The van der Waals surface area contributed by atoms with E-state index in [0.29, 0.717) is 25.0 Å². The predicted octanol–water partition coefficient (Wildman–Crippen LogP) is 0.464. The first-order chi connectivity index (χ1) is 10.2. The van der Waals surface area contributed by atoms with E-state index in [4.69, 9.17) is 4.74 Å². The zero-order valence-electron chi connectivity index (χ0n) is 11.9. The fourth-order valence-electron chi connectivity index (χ4n) is 1.53. The van der Waals surface area contributed by atoms with Crippen molar-refractivity contribution >= 4 is 17.9 Å². The maximum atomic E-state index is 11.4. The Bertz CT molecular complexity index is 585. The van der Waals surface area contributed by atoms with Crippen LogP contribution in [0.2, 0.25) is 0 Å². The van der Waals surface area contributed by atoms with Crippen LogP contribution in [0.4, 0.5) is 11.9 Å². The molecule has 0 saturated carbocycles. The Morgan fingerprint density at radius 2 is 2.00 bits per heavy atom. The highest BCUT2D eigenvalue weighted by Gasteiger charge is 2.09. The number of nitrogens with zero attached hydrogens (tertiary/aromatic N) is 5. The molecule has 0 bridgehead atoms. The topological polar surface area (TPSA) is 107 Å². The summed E-state index contributed by atoms with van der Waals surface area (Å²) in [6.07, 6.45) is 3.35. The van der Waals surface area contributed by atoms with Gasteiger partial charge in [0.1, 0.15) is 6.54 Å². The number of nitrogens with one attached hydrogen (secondary N) is 2. The molecule has 0 aliphatic rings. The van der Waals surface area contributed by atoms with Crippen LogP contribution in [0.5, 0.6) is 0 Å². The third-order valence-electron chi connectivity index (χ3n) is 2.36. The molecule has 2 aromatic rings. The minimum Gasteiger partial charge on any atom is -0.465 e. The van der Waals surface area contributed by atoms with Gasteiger partial charge in [0.2, 0.25) is 11.9 Å². The van der Waals surface area contributed by atoms with E-state index in [1.807, 2.05) is 6.92 Å². The number of rotatable bonds is 7. The quantitative estimate of drug-likeness (QED) is 0.709. The van der Waals surface area contributed by atoms with E-state index >= 15 is 0 Å². The van der Waals surface area contributed by atoms with E-state index < -0.39 is 0 Å². The summed E-state index contributed by atoms with van der Waals surface area (Å²) < 4.78 is 6.35. The Labute approximate surface area is 121 Å². The first-order valence-corrected chi connectivity index (χ1v) is 6.62. The number of carbonyl (C=O) groups is 1. The zero-order chi connectivity index (χ0) is 15.1. The molecule has 0 unspecified atom stereocenters. The Morgan fingerprint density at radius 1 is 1.24 bits per heavy atom. The van der Waals surface area contributed by atoms with Gasteiger partial charge in [-0.1, -0.05) is 0 Å². The molecule has 0 atom stereocenters. The maximum Gasteiger partial charge on any atom is 0.325 e. The second-order valence-corrected chi connectivity index (χ2v) is 3.92. The first-order valence-electron chi connectivity index (χ1n) is 6.62. The lowest BCUT2D eigenvalue weighted by Gasteiger charge is -2.09. The van der Waals surface area contributed by atoms with E-state index in [-0.39, 0.29) is 18.5 Å². The molecule has 0 aliphatic heterocycles. The molecule has 0 radical (unpaired) electrons. The van der Waals surface area contributed by atoms with Crippen molar-refractivity contribution in [2.24, 2.45) is 0 Å². The monoisotopic (exact) mass is 291 g/mol. The highest BCUT2D eigenvalue weighted by Crippen LogP contribution is 2.08. The highest BCUT2D eigenvalue weighted by atomic mass is 16.5. The fraction of sp³-hybridized carbons (Fsp3) is 0.417. The lowest BCUT2D eigenvalue weighted by molar-refractivity contribution is -0.140. The fourth-order valence-corrected chi connectivity index (χ4v) is 1.53. The molecular weight excluding hydrogens is 274 g/mol. The van der Waals surface area contributed by atoms with Crippen molar-refractivity contribution in [1.82, 2.24) is 24.7 Å². The largest absolute Gasteiger partial charge is 0.465 e. The second-order valence-electron chi connectivity index (χ2n) is 3.92. The molecule has 0 saturated heterocycles. The van der Waals surface area contributed by atoms with Crippen LogP contribution in [-0.4, -0.2) is 50.4 Å².